The molecule has 1 N–H and O–H groups in total. The summed E-state index contributed by atoms with van der Waals surface area (Å²) in [4.78, 5) is 27.3. The van der Waals surface area contributed by atoms with Crippen LogP contribution in [0, 0.1) is 19.7 Å². The van der Waals surface area contributed by atoms with Crippen molar-refractivity contribution in [2.24, 2.45) is 0 Å². The molecule has 0 aliphatic rings. The predicted octanol–water partition coefficient (Wildman–Crippen LogP) is 3.80. The summed E-state index contributed by atoms with van der Waals surface area (Å²) in [5, 5.41) is 2.55. The van der Waals surface area contributed by atoms with E-state index >= 15 is 0 Å². The van der Waals surface area contributed by atoms with Gasteiger partial charge in [0, 0.05) is 13.6 Å². The smallest absolute Gasteiger partial charge is 0.264 e. The first-order valence-electron chi connectivity index (χ1n) is 11.4. The van der Waals surface area contributed by atoms with Gasteiger partial charge in [0.15, 0.2) is 0 Å². The van der Waals surface area contributed by atoms with E-state index in [-0.39, 0.29) is 23.0 Å². The third-order valence-corrected chi connectivity index (χ3v) is 7.68. The molecule has 0 radical (unpaired) electrons. The third kappa shape index (κ3) is 6.28. The molecule has 7 nitrogen and oxygen atoms in total. The van der Waals surface area contributed by atoms with Crippen LogP contribution >= 0.6 is 0 Å². The van der Waals surface area contributed by atoms with Gasteiger partial charge in [-0.25, -0.2) is 12.8 Å². The number of rotatable bonds is 9. The first kappa shape index (κ1) is 26.9. The summed E-state index contributed by atoms with van der Waals surface area (Å²) in [5.74, 6) is -1.51. The predicted molar refractivity (Wildman–Crippen MR) is 137 cm³/mol. The van der Waals surface area contributed by atoms with Crippen molar-refractivity contribution in [3.05, 3.63) is 95.3 Å². The second kappa shape index (κ2) is 11.3. The second-order valence-corrected chi connectivity index (χ2v) is 10.5. The van der Waals surface area contributed by atoms with Crippen molar-refractivity contribution in [3.63, 3.8) is 0 Å². The summed E-state index contributed by atoms with van der Waals surface area (Å²) in [5.41, 5.74) is 3.04. The molecule has 0 aliphatic carbocycles. The Morgan fingerprint density at radius 3 is 1.94 bits per heavy atom. The van der Waals surface area contributed by atoms with E-state index in [9.17, 15) is 22.4 Å². The summed E-state index contributed by atoms with van der Waals surface area (Å²) in [7, 11) is -2.75. The minimum atomic E-state index is -4.22. The Morgan fingerprint density at radius 1 is 0.889 bits per heavy atom. The van der Waals surface area contributed by atoms with E-state index in [4.69, 9.17) is 0 Å². The van der Waals surface area contributed by atoms with Crippen molar-refractivity contribution in [1.82, 2.24) is 10.2 Å². The molecule has 0 spiro atoms. The molecule has 1 unspecified atom stereocenters. The van der Waals surface area contributed by atoms with Crippen LogP contribution in [-0.4, -0.2) is 44.8 Å². The van der Waals surface area contributed by atoms with Crippen molar-refractivity contribution in [3.8, 4) is 0 Å². The fraction of sp³-hybridized carbons (Fsp3) is 0.259. The highest BCUT2D eigenvalue weighted by Gasteiger charge is 2.32. The van der Waals surface area contributed by atoms with Gasteiger partial charge in [-0.05, 0) is 62.7 Å². The SMILES string of the molecule is CNC(=O)C(C)N(Cc1ccc(C)cc1)C(=O)CN(c1ccc(C)cc1)S(=O)(=O)c1ccc(F)cc1. The Labute approximate surface area is 211 Å². The Bertz CT molecular complexity index is 1310. The largest absolute Gasteiger partial charge is 0.357 e. The highest BCUT2D eigenvalue weighted by molar-refractivity contribution is 7.92. The van der Waals surface area contributed by atoms with E-state index in [1.165, 1.54) is 11.9 Å². The molecule has 0 fully saturated rings. The maximum atomic E-state index is 13.6. The number of likely N-dealkylation sites (N-methyl/N-ethyl adjacent to an activating group) is 1. The van der Waals surface area contributed by atoms with Crippen LogP contribution in [0.25, 0.3) is 0 Å². The number of hydrogen-bond donors (Lipinski definition) is 1. The van der Waals surface area contributed by atoms with Crippen LogP contribution in [0.2, 0.25) is 0 Å². The zero-order valence-electron chi connectivity index (χ0n) is 20.7. The van der Waals surface area contributed by atoms with Crippen molar-refractivity contribution < 1.29 is 22.4 Å². The van der Waals surface area contributed by atoms with E-state index < -0.39 is 34.3 Å². The zero-order chi connectivity index (χ0) is 26.5. The van der Waals surface area contributed by atoms with E-state index in [1.54, 1.807) is 31.2 Å². The quantitative estimate of drug-likeness (QED) is 0.474. The molecular formula is C27H30FN3O4S. The summed E-state index contributed by atoms with van der Waals surface area (Å²) >= 11 is 0. The summed E-state index contributed by atoms with van der Waals surface area (Å²) in [6.07, 6.45) is 0. The average molecular weight is 512 g/mol. The summed E-state index contributed by atoms with van der Waals surface area (Å²) in [6.45, 7) is 4.97. The van der Waals surface area contributed by atoms with Crippen molar-refractivity contribution in [2.75, 3.05) is 17.9 Å². The van der Waals surface area contributed by atoms with Gasteiger partial charge >= 0.3 is 0 Å². The molecule has 0 saturated carbocycles. The van der Waals surface area contributed by atoms with Gasteiger partial charge in [0.2, 0.25) is 11.8 Å². The second-order valence-electron chi connectivity index (χ2n) is 8.60. The van der Waals surface area contributed by atoms with Gasteiger partial charge in [0.1, 0.15) is 18.4 Å². The van der Waals surface area contributed by atoms with Gasteiger partial charge < -0.3 is 10.2 Å². The fourth-order valence-corrected chi connectivity index (χ4v) is 5.07. The first-order chi connectivity index (χ1) is 17.0. The van der Waals surface area contributed by atoms with Crippen LogP contribution in [-0.2, 0) is 26.2 Å². The summed E-state index contributed by atoms with van der Waals surface area (Å²) < 4.78 is 41.7. The van der Waals surface area contributed by atoms with Crippen LogP contribution in [0.5, 0.6) is 0 Å². The van der Waals surface area contributed by atoms with E-state index in [1.807, 2.05) is 38.1 Å². The average Bonchev–Trinajstić information content (AvgIpc) is 2.86. The standard InChI is InChI=1S/C27H30FN3O4S/c1-19-5-9-22(10-6-19)17-30(21(3)27(33)29-4)26(32)18-31(24-13-7-20(2)8-14-24)36(34,35)25-15-11-23(28)12-16-25/h5-16,21H,17-18H2,1-4H3,(H,29,33). The van der Waals surface area contributed by atoms with E-state index in [0.717, 1.165) is 45.3 Å². The van der Waals surface area contributed by atoms with Gasteiger partial charge in [-0.3, -0.25) is 13.9 Å². The van der Waals surface area contributed by atoms with Crippen LogP contribution in [0.1, 0.15) is 23.6 Å². The van der Waals surface area contributed by atoms with Crippen LogP contribution in [0.3, 0.4) is 0 Å². The monoisotopic (exact) mass is 511 g/mol. The zero-order valence-corrected chi connectivity index (χ0v) is 21.5. The number of carbonyl (C=O) groups excluding carboxylic acids is 2. The lowest BCUT2D eigenvalue weighted by Gasteiger charge is -2.31. The van der Waals surface area contributed by atoms with Gasteiger partial charge in [-0.15, -0.1) is 0 Å². The lowest BCUT2D eigenvalue weighted by molar-refractivity contribution is -0.139. The Balaban J connectivity index is 2.01. The summed E-state index contributed by atoms with van der Waals surface area (Å²) in [6, 6.07) is 17.8. The molecule has 0 bridgehead atoms. The molecule has 3 aromatic carbocycles. The molecule has 3 aromatic rings. The minimum absolute atomic E-state index is 0.117. The molecule has 190 valence electrons. The highest BCUT2D eigenvalue weighted by Crippen LogP contribution is 2.25. The molecule has 2 amide bonds. The number of hydrogen-bond acceptors (Lipinski definition) is 4. The Kier molecular flexibility index (Phi) is 8.47. The third-order valence-electron chi connectivity index (χ3n) is 5.89. The molecule has 3 rings (SSSR count). The number of carbonyl (C=O) groups is 2. The number of halogens is 1. The lowest BCUT2D eigenvalue weighted by atomic mass is 10.1. The molecule has 36 heavy (non-hydrogen) atoms. The number of nitrogens with zero attached hydrogens (tertiary/aromatic N) is 2. The van der Waals surface area contributed by atoms with Crippen molar-refractivity contribution >= 4 is 27.5 Å². The number of sulfonamides is 1. The number of nitrogens with one attached hydrogen (secondary N) is 1. The van der Waals surface area contributed by atoms with Gasteiger partial charge in [0.05, 0.1) is 10.6 Å². The molecule has 0 heterocycles. The number of anilines is 1. The van der Waals surface area contributed by atoms with Gasteiger partial charge in [-0.2, -0.15) is 0 Å². The number of benzene rings is 3. The van der Waals surface area contributed by atoms with Gasteiger partial charge in [-0.1, -0.05) is 47.5 Å². The molecule has 9 heteroatoms. The molecule has 0 saturated heterocycles. The first-order valence-corrected chi connectivity index (χ1v) is 12.9. The van der Waals surface area contributed by atoms with Crippen LogP contribution in [0.15, 0.2) is 77.7 Å². The van der Waals surface area contributed by atoms with Crippen molar-refractivity contribution in [2.45, 2.75) is 38.3 Å². The fourth-order valence-electron chi connectivity index (χ4n) is 3.66. The van der Waals surface area contributed by atoms with E-state index in [2.05, 4.69) is 5.32 Å². The Morgan fingerprint density at radius 2 is 1.42 bits per heavy atom. The Hall–Kier alpha value is -3.72. The van der Waals surface area contributed by atoms with Crippen LogP contribution < -0.4 is 9.62 Å². The molecular weight excluding hydrogens is 481 g/mol. The topological polar surface area (TPSA) is 86.8 Å². The highest BCUT2D eigenvalue weighted by atomic mass is 32.2. The molecule has 0 aromatic heterocycles. The lowest BCUT2D eigenvalue weighted by Crippen LogP contribution is -2.50. The number of aryl methyl sites for hydroxylation is 2. The number of amides is 2. The molecule has 1 atom stereocenters. The minimum Gasteiger partial charge on any atom is -0.357 e. The van der Waals surface area contributed by atoms with Crippen LogP contribution in [0.4, 0.5) is 10.1 Å². The normalized spacial score (nSPS) is 12.0. The van der Waals surface area contributed by atoms with Gasteiger partial charge in [0.25, 0.3) is 10.0 Å². The van der Waals surface area contributed by atoms with Crippen molar-refractivity contribution in [1.29, 1.82) is 0 Å². The maximum absolute atomic E-state index is 13.6. The van der Waals surface area contributed by atoms with E-state index in [0.29, 0.717) is 0 Å². The maximum Gasteiger partial charge on any atom is 0.264 e. The molecule has 0 aliphatic heterocycles.